The second-order valence-electron chi connectivity index (χ2n) is 4.72. The van der Waals surface area contributed by atoms with Gasteiger partial charge in [0.2, 0.25) is 0 Å². The van der Waals surface area contributed by atoms with Crippen LogP contribution in [0.1, 0.15) is 30.5 Å². The molecule has 0 radical (unpaired) electrons. The first-order valence-electron chi connectivity index (χ1n) is 7.33. The molecule has 0 aliphatic heterocycles. The Morgan fingerprint density at radius 3 is 2.71 bits per heavy atom. The van der Waals surface area contributed by atoms with Crippen LogP contribution < -0.4 is 10.6 Å². The SMILES string of the molecule is CCNC(=NCCOCC)NC(C)Cc1ccc(C)s1.I. The normalized spacial score (nSPS) is 12.7. The van der Waals surface area contributed by atoms with Gasteiger partial charge in [0.1, 0.15) is 0 Å². The summed E-state index contributed by atoms with van der Waals surface area (Å²) in [5, 5.41) is 6.71. The van der Waals surface area contributed by atoms with E-state index in [2.05, 4.69) is 48.5 Å². The van der Waals surface area contributed by atoms with Crippen LogP contribution in [0.25, 0.3) is 0 Å². The molecule has 2 N–H and O–H groups in total. The van der Waals surface area contributed by atoms with E-state index >= 15 is 0 Å². The summed E-state index contributed by atoms with van der Waals surface area (Å²) in [5.41, 5.74) is 0. The molecular formula is C15H28IN3OS. The molecule has 21 heavy (non-hydrogen) atoms. The molecule has 1 unspecified atom stereocenters. The van der Waals surface area contributed by atoms with Gasteiger partial charge < -0.3 is 15.4 Å². The van der Waals surface area contributed by atoms with Gasteiger partial charge in [-0.1, -0.05) is 0 Å². The van der Waals surface area contributed by atoms with Gasteiger partial charge >= 0.3 is 0 Å². The zero-order valence-corrected chi connectivity index (χ0v) is 16.6. The van der Waals surface area contributed by atoms with Crippen molar-refractivity contribution in [3.05, 3.63) is 21.9 Å². The summed E-state index contributed by atoms with van der Waals surface area (Å²) in [6.07, 6.45) is 1.02. The van der Waals surface area contributed by atoms with E-state index in [0.29, 0.717) is 19.2 Å². The van der Waals surface area contributed by atoms with E-state index in [4.69, 9.17) is 4.74 Å². The minimum absolute atomic E-state index is 0. The summed E-state index contributed by atoms with van der Waals surface area (Å²) in [6, 6.07) is 4.74. The maximum atomic E-state index is 5.30. The molecule has 122 valence electrons. The fourth-order valence-corrected chi connectivity index (χ4v) is 2.89. The third-order valence-electron chi connectivity index (χ3n) is 2.74. The summed E-state index contributed by atoms with van der Waals surface area (Å²) < 4.78 is 5.30. The molecule has 0 spiro atoms. The van der Waals surface area contributed by atoms with Gasteiger partial charge in [-0.25, -0.2) is 0 Å². The molecule has 0 aromatic carbocycles. The topological polar surface area (TPSA) is 45.7 Å². The maximum Gasteiger partial charge on any atom is 0.191 e. The smallest absolute Gasteiger partial charge is 0.191 e. The van der Waals surface area contributed by atoms with Crippen LogP contribution in [0, 0.1) is 6.92 Å². The molecule has 0 fully saturated rings. The van der Waals surface area contributed by atoms with Crippen molar-refractivity contribution < 1.29 is 4.74 Å². The molecule has 1 aromatic rings. The number of ether oxygens (including phenoxy) is 1. The van der Waals surface area contributed by atoms with Crippen molar-refractivity contribution in [2.75, 3.05) is 26.3 Å². The summed E-state index contributed by atoms with van der Waals surface area (Å²) in [5.74, 6) is 0.869. The number of nitrogens with zero attached hydrogens (tertiary/aromatic N) is 1. The minimum atomic E-state index is 0. The molecule has 0 aliphatic rings. The van der Waals surface area contributed by atoms with Crippen molar-refractivity contribution in [2.45, 2.75) is 40.2 Å². The number of aliphatic imine (C=N–C) groups is 1. The second-order valence-corrected chi connectivity index (χ2v) is 6.09. The number of hydrogen-bond donors (Lipinski definition) is 2. The zero-order chi connectivity index (χ0) is 14.8. The fourth-order valence-electron chi connectivity index (χ4n) is 1.87. The first-order chi connectivity index (χ1) is 9.65. The zero-order valence-electron chi connectivity index (χ0n) is 13.4. The van der Waals surface area contributed by atoms with Crippen LogP contribution in [0.2, 0.25) is 0 Å². The number of guanidine groups is 1. The van der Waals surface area contributed by atoms with E-state index in [1.165, 1.54) is 9.75 Å². The van der Waals surface area contributed by atoms with Gasteiger partial charge in [-0.05, 0) is 39.8 Å². The lowest BCUT2D eigenvalue weighted by Crippen LogP contribution is -2.43. The predicted molar refractivity (Wildman–Crippen MR) is 103 cm³/mol. The van der Waals surface area contributed by atoms with Gasteiger partial charge in [0.25, 0.3) is 0 Å². The lowest BCUT2D eigenvalue weighted by Gasteiger charge is -2.17. The average Bonchev–Trinajstić information content (AvgIpc) is 2.80. The molecule has 1 rings (SSSR count). The molecule has 0 saturated heterocycles. The number of halogens is 1. The van der Waals surface area contributed by atoms with Crippen LogP contribution >= 0.6 is 35.3 Å². The Balaban J connectivity index is 0.00000400. The Bertz CT molecular complexity index is 409. The molecular weight excluding hydrogens is 397 g/mol. The highest BCUT2D eigenvalue weighted by molar-refractivity contribution is 14.0. The summed E-state index contributed by atoms with van der Waals surface area (Å²) in [6.45, 7) is 11.4. The van der Waals surface area contributed by atoms with Gasteiger partial charge in [0, 0.05) is 35.4 Å². The second kappa shape index (κ2) is 12.2. The minimum Gasteiger partial charge on any atom is -0.380 e. The molecule has 1 aromatic heterocycles. The molecule has 0 saturated carbocycles. The number of thiophene rings is 1. The van der Waals surface area contributed by atoms with Gasteiger partial charge in [0.15, 0.2) is 5.96 Å². The van der Waals surface area contributed by atoms with Gasteiger partial charge in [-0.2, -0.15) is 0 Å². The van der Waals surface area contributed by atoms with Crippen molar-refractivity contribution in [3.63, 3.8) is 0 Å². The summed E-state index contributed by atoms with van der Waals surface area (Å²) in [7, 11) is 0. The number of nitrogens with one attached hydrogen (secondary N) is 2. The number of aryl methyl sites for hydroxylation is 1. The molecule has 0 amide bonds. The Morgan fingerprint density at radius 1 is 1.38 bits per heavy atom. The van der Waals surface area contributed by atoms with Gasteiger partial charge in [0.05, 0.1) is 13.2 Å². The van der Waals surface area contributed by atoms with E-state index in [-0.39, 0.29) is 24.0 Å². The lowest BCUT2D eigenvalue weighted by molar-refractivity contribution is 0.155. The molecule has 4 nitrogen and oxygen atoms in total. The molecule has 6 heteroatoms. The van der Waals surface area contributed by atoms with Crippen molar-refractivity contribution in [1.29, 1.82) is 0 Å². The van der Waals surface area contributed by atoms with E-state index < -0.39 is 0 Å². The largest absolute Gasteiger partial charge is 0.380 e. The van der Waals surface area contributed by atoms with Crippen LogP contribution in [0.3, 0.4) is 0 Å². The van der Waals surface area contributed by atoms with Crippen molar-refractivity contribution in [2.24, 2.45) is 4.99 Å². The van der Waals surface area contributed by atoms with E-state index in [9.17, 15) is 0 Å². The van der Waals surface area contributed by atoms with Crippen LogP contribution in [-0.2, 0) is 11.2 Å². The monoisotopic (exact) mass is 425 g/mol. The Labute approximate surface area is 149 Å². The van der Waals surface area contributed by atoms with Crippen LogP contribution in [-0.4, -0.2) is 38.3 Å². The van der Waals surface area contributed by atoms with Crippen molar-refractivity contribution in [3.8, 4) is 0 Å². The highest BCUT2D eigenvalue weighted by atomic mass is 127. The Hall–Kier alpha value is -0.340. The van der Waals surface area contributed by atoms with E-state index in [1.54, 1.807) is 0 Å². The Morgan fingerprint density at radius 2 is 2.14 bits per heavy atom. The molecule has 0 aliphatic carbocycles. The predicted octanol–water partition coefficient (Wildman–Crippen LogP) is 3.20. The van der Waals surface area contributed by atoms with Crippen LogP contribution in [0.15, 0.2) is 17.1 Å². The number of rotatable bonds is 8. The third-order valence-corrected chi connectivity index (χ3v) is 3.76. The highest BCUT2D eigenvalue weighted by Crippen LogP contribution is 2.16. The first-order valence-corrected chi connectivity index (χ1v) is 8.15. The fraction of sp³-hybridized carbons (Fsp3) is 0.667. The maximum absolute atomic E-state index is 5.30. The lowest BCUT2D eigenvalue weighted by atomic mass is 10.2. The first kappa shape index (κ1) is 20.7. The third kappa shape index (κ3) is 9.31. The van der Waals surface area contributed by atoms with Gasteiger partial charge in [-0.3, -0.25) is 4.99 Å². The standard InChI is InChI=1S/C15H27N3OS.HI/c1-5-16-15(17-9-10-19-6-2)18-12(3)11-14-8-7-13(4)20-14;/h7-8,12H,5-6,9-11H2,1-4H3,(H2,16,17,18);1H. The number of hydrogen-bond acceptors (Lipinski definition) is 3. The Kier molecular flexibility index (Phi) is 12.0. The molecule has 1 atom stereocenters. The molecule has 0 bridgehead atoms. The van der Waals surface area contributed by atoms with Crippen molar-refractivity contribution in [1.82, 2.24) is 10.6 Å². The average molecular weight is 425 g/mol. The molecule has 1 heterocycles. The summed E-state index contributed by atoms with van der Waals surface area (Å²) >= 11 is 1.86. The summed E-state index contributed by atoms with van der Waals surface area (Å²) in [4.78, 5) is 7.29. The van der Waals surface area contributed by atoms with Gasteiger partial charge in [-0.15, -0.1) is 35.3 Å². The quantitative estimate of drug-likeness (QED) is 0.291. The highest BCUT2D eigenvalue weighted by Gasteiger charge is 2.07. The van der Waals surface area contributed by atoms with Crippen LogP contribution in [0.5, 0.6) is 0 Å². The van der Waals surface area contributed by atoms with E-state index in [1.807, 2.05) is 18.3 Å². The van der Waals surface area contributed by atoms with Crippen molar-refractivity contribution >= 4 is 41.3 Å². The van der Waals surface area contributed by atoms with E-state index in [0.717, 1.165) is 25.5 Å². The van der Waals surface area contributed by atoms with Crippen LogP contribution in [0.4, 0.5) is 0 Å².